The highest BCUT2D eigenvalue weighted by Crippen LogP contribution is 2.36. The predicted octanol–water partition coefficient (Wildman–Crippen LogP) is 6.16. The van der Waals surface area contributed by atoms with Gasteiger partial charge in [-0.15, -0.1) is 0 Å². The zero-order chi connectivity index (χ0) is 19.3. The number of carbonyl (C=O) groups excluding carboxylic acids is 1. The summed E-state index contributed by atoms with van der Waals surface area (Å²) in [5, 5.41) is 5.02. The summed E-state index contributed by atoms with van der Waals surface area (Å²) in [7, 11) is 0. The van der Waals surface area contributed by atoms with Crippen molar-refractivity contribution in [2.24, 2.45) is 0 Å². The maximum Gasteiger partial charge on any atom is 0.416 e. The van der Waals surface area contributed by atoms with Crippen molar-refractivity contribution >= 4 is 58.0 Å². The van der Waals surface area contributed by atoms with Gasteiger partial charge in [0.2, 0.25) is 9.70 Å². The normalized spacial score (nSPS) is 13.4. The van der Waals surface area contributed by atoms with Gasteiger partial charge in [-0.2, -0.15) is 13.2 Å². The van der Waals surface area contributed by atoms with Gasteiger partial charge in [-0.3, -0.25) is 4.79 Å². The second-order valence-corrected chi connectivity index (χ2v) is 8.11. The highest BCUT2D eigenvalue weighted by molar-refractivity contribution is 6.68. The van der Waals surface area contributed by atoms with E-state index in [0.29, 0.717) is 6.42 Å². The largest absolute Gasteiger partial charge is 0.416 e. The summed E-state index contributed by atoms with van der Waals surface area (Å²) in [5.41, 5.74) is -1.03. The number of anilines is 1. The molecule has 25 heavy (non-hydrogen) atoms. The zero-order valence-electron chi connectivity index (χ0n) is 13.2. The number of benzene rings is 1. The summed E-state index contributed by atoms with van der Waals surface area (Å²) in [5.74, 6) is -0.389. The first kappa shape index (κ1) is 22.5. The van der Waals surface area contributed by atoms with E-state index in [1.165, 1.54) is 0 Å². The van der Waals surface area contributed by atoms with E-state index in [0.717, 1.165) is 31.0 Å². The lowest BCUT2D eigenvalue weighted by Gasteiger charge is -2.28. The molecule has 3 nitrogen and oxygen atoms in total. The average Bonchev–Trinajstić information content (AvgIpc) is 2.46. The quantitative estimate of drug-likeness (QED) is 0.303. The molecular formula is C15H17Cl4F3N2O. The number of hydrogen-bond donors (Lipinski definition) is 2. The molecule has 0 radical (unpaired) electrons. The Morgan fingerprint density at radius 3 is 2.36 bits per heavy atom. The fourth-order valence-electron chi connectivity index (χ4n) is 1.94. The Hall–Kier alpha value is -0.560. The molecule has 1 rings (SSSR count). The number of amides is 1. The Morgan fingerprint density at radius 2 is 1.84 bits per heavy atom. The molecule has 0 unspecified atom stereocenters. The van der Waals surface area contributed by atoms with Gasteiger partial charge in [-0.25, -0.2) is 0 Å². The lowest BCUT2D eigenvalue weighted by Crippen LogP contribution is -2.49. The highest BCUT2D eigenvalue weighted by atomic mass is 35.6. The highest BCUT2D eigenvalue weighted by Gasteiger charge is 2.35. The molecule has 10 heteroatoms. The van der Waals surface area contributed by atoms with E-state index in [4.69, 9.17) is 46.4 Å². The Bertz CT molecular complexity index is 591. The predicted molar refractivity (Wildman–Crippen MR) is 96.4 cm³/mol. The molecule has 0 spiro atoms. The average molecular weight is 440 g/mol. The SMILES string of the molecule is CCCCCC(=O)N[C@H](Nc1cc(C(F)(F)F)ccc1Cl)C(Cl)(Cl)Cl. The van der Waals surface area contributed by atoms with Crippen LogP contribution >= 0.6 is 46.4 Å². The second-order valence-electron chi connectivity index (χ2n) is 5.34. The smallest absolute Gasteiger partial charge is 0.361 e. The summed E-state index contributed by atoms with van der Waals surface area (Å²) in [4.78, 5) is 11.9. The maximum atomic E-state index is 12.8. The molecule has 0 aliphatic rings. The number of nitrogens with one attached hydrogen (secondary N) is 2. The summed E-state index contributed by atoms with van der Waals surface area (Å²) in [6.07, 6.45) is -3.16. The van der Waals surface area contributed by atoms with Crippen molar-refractivity contribution in [1.82, 2.24) is 5.32 Å². The van der Waals surface area contributed by atoms with E-state index in [2.05, 4.69) is 10.6 Å². The minimum Gasteiger partial charge on any atom is -0.361 e. The van der Waals surface area contributed by atoms with Crippen molar-refractivity contribution in [3.05, 3.63) is 28.8 Å². The second kappa shape index (κ2) is 9.40. The standard InChI is InChI=1S/C15H17Cl4F3N2O/c1-2-3-4-5-12(25)24-13(14(17,18)19)23-11-8-9(15(20,21)22)6-7-10(11)16/h6-8,13,23H,2-5H2,1H3,(H,24,25)/t13-/m0/s1. The Morgan fingerprint density at radius 1 is 1.20 bits per heavy atom. The molecule has 142 valence electrons. The molecule has 1 aromatic carbocycles. The third-order valence-corrected chi connectivity index (χ3v) is 4.22. The van der Waals surface area contributed by atoms with Crippen LogP contribution in [0.3, 0.4) is 0 Å². The van der Waals surface area contributed by atoms with Crippen molar-refractivity contribution in [3.63, 3.8) is 0 Å². The molecule has 0 saturated heterocycles. The molecule has 1 atom stereocenters. The fourth-order valence-corrected chi connectivity index (χ4v) is 2.44. The summed E-state index contributed by atoms with van der Waals surface area (Å²) in [6, 6.07) is 2.70. The first-order valence-electron chi connectivity index (χ1n) is 7.44. The first-order valence-corrected chi connectivity index (χ1v) is 8.95. The summed E-state index contributed by atoms with van der Waals surface area (Å²) in [6.45, 7) is 1.99. The van der Waals surface area contributed by atoms with Crippen LogP contribution in [0.4, 0.5) is 18.9 Å². The van der Waals surface area contributed by atoms with E-state index in [9.17, 15) is 18.0 Å². The first-order chi connectivity index (χ1) is 11.4. The van der Waals surface area contributed by atoms with Crippen LogP contribution < -0.4 is 10.6 Å². The van der Waals surface area contributed by atoms with E-state index >= 15 is 0 Å². The Balaban J connectivity index is 2.94. The van der Waals surface area contributed by atoms with Crippen molar-refractivity contribution in [2.75, 3.05) is 5.32 Å². The van der Waals surface area contributed by atoms with E-state index in [1.807, 2.05) is 6.92 Å². The van der Waals surface area contributed by atoms with Gasteiger partial charge in [0.1, 0.15) is 6.17 Å². The molecule has 1 amide bonds. The third kappa shape index (κ3) is 7.69. The molecule has 0 aliphatic carbocycles. The van der Waals surface area contributed by atoms with Gasteiger partial charge in [-0.05, 0) is 24.6 Å². The monoisotopic (exact) mass is 438 g/mol. The number of unbranched alkanes of at least 4 members (excludes halogenated alkanes) is 2. The van der Waals surface area contributed by atoms with Gasteiger partial charge in [0, 0.05) is 6.42 Å². The van der Waals surface area contributed by atoms with Crippen LogP contribution in [0.2, 0.25) is 5.02 Å². The molecule has 0 heterocycles. The Kier molecular flexibility index (Phi) is 8.45. The molecule has 0 bridgehead atoms. The molecule has 0 saturated carbocycles. The Labute approximate surface area is 164 Å². The maximum absolute atomic E-state index is 12.8. The van der Waals surface area contributed by atoms with Gasteiger partial charge in [0.15, 0.2) is 0 Å². The van der Waals surface area contributed by atoms with E-state index in [-0.39, 0.29) is 23.0 Å². The number of halogens is 7. The van der Waals surface area contributed by atoms with Gasteiger partial charge in [0.05, 0.1) is 16.3 Å². The van der Waals surface area contributed by atoms with Gasteiger partial charge < -0.3 is 10.6 Å². The minimum absolute atomic E-state index is 0.00696. The van der Waals surface area contributed by atoms with Crippen molar-refractivity contribution in [2.45, 2.75) is 48.7 Å². The van der Waals surface area contributed by atoms with Crippen molar-refractivity contribution in [1.29, 1.82) is 0 Å². The molecule has 0 aliphatic heterocycles. The van der Waals surface area contributed by atoms with Crippen LogP contribution in [0.1, 0.15) is 38.2 Å². The number of alkyl halides is 6. The fraction of sp³-hybridized carbons (Fsp3) is 0.533. The van der Waals surface area contributed by atoms with Crippen LogP contribution in [-0.2, 0) is 11.0 Å². The molecule has 1 aromatic rings. The van der Waals surface area contributed by atoms with Gasteiger partial charge in [0.25, 0.3) is 0 Å². The van der Waals surface area contributed by atoms with Crippen molar-refractivity contribution in [3.8, 4) is 0 Å². The van der Waals surface area contributed by atoms with Crippen LogP contribution in [0.5, 0.6) is 0 Å². The van der Waals surface area contributed by atoms with Gasteiger partial charge in [-0.1, -0.05) is 66.2 Å². The number of rotatable bonds is 7. The lowest BCUT2D eigenvalue weighted by molar-refractivity contribution is -0.137. The zero-order valence-corrected chi connectivity index (χ0v) is 16.2. The van der Waals surface area contributed by atoms with Crippen LogP contribution in [0.25, 0.3) is 0 Å². The molecular weight excluding hydrogens is 423 g/mol. The van der Waals surface area contributed by atoms with Crippen molar-refractivity contribution < 1.29 is 18.0 Å². The topological polar surface area (TPSA) is 41.1 Å². The van der Waals surface area contributed by atoms with Crippen LogP contribution in [-0.4, -0.2) is 15.9 Å². The van der Waals surface area contributed by atoms with Crippen LogP contribution in [0, 0.1) is 0 Å². The van der Waals surface area contributed by atoms with Crippen LogP contribution in [0.15, 0.2) is 18.2 Å². The summed E-state index contributed by atoms with van der Waals surface area (Å²) >= 11 is 23.4. The van der Waals surface area contributed by atoms with Gasteiger partial charge >= 0.3 is 6.18 Å². The molecule has 0 fully saturated rings. The number of carbonyl (C=O) groups is 1. The number of hydrogen-bond acceptors (Lipinski definition) is 2. The van der Waals surface area contributed by atoms with E-state index < -0.39 is 21.7 Å². The van der Waals surface area contributed by atoms with E-state index in [1.54, 1.807) is 0 Å². The summed E-state index contributed by atoms with van der Waals surface area (Å²) < 4.78 is 36.5. The molecule has 2 N–H and O–H groups in total. The third-order valence-electron chi connectivity index (χ3n) is 3.23. The molecule has 0 aromatic heterocycles. The minimum atomic E-state index is -4.56. The lowest BCUT2D eigenvalue weighted by atomic mass is 10.2.